The van der Waals surface area contributed by atoms with Gasteiger partial charge in [-0.15, -0.1) is 11.3 Å². The zero-order valence-corrected chi connectivity index (χ0v) is 16.0. The van der Waals surface area contributed by atoms with Crippen LogP contribution in [0, 0.1) is 0 Å². The fourth-order valence-electron chi connectivity index (χ4n) is 2.79. The largest absolute Gasteiger partial charge is 0.495 e. The summed E-state index contributed by atoms with van der Waals surface area (Å²) in [6, 6.07) is 22.9. The van der Waals surface area contributed by atoms with E-state index < -0.39 is 0 Å². The van der Waals surface area contributed by atoms with Crippen LogP contribution in [0.15, 0.2) is 72.8 Å². The molecule has 0 aliphatic carbocycles. The van der Waals surface area contributed by atoms with Gasteiger partial charge in [-0.05, 0) is 42.5 Å². The molecule has 0 atom stereocenters. The van der Waals surface area contributed by atoms with E-state index in [-0.39, 0.29) is 12.5 Å². The van der Waals surface area contributed by atoms with Crippen molar-refractivity contribution in [2.24, 2.45) is 0 Å². The molecule has 28 heavy (non-hydrogen) atoms. The number of carbonyl (C=O) groups is 1. The normalized spacial score (nSPS) is 10.6. The predicted molar refractivity (Wildman–Crippen MR) is 112 cm³/mol. The summed E-state index contributed by atoms with van der Waals surface area (Å²) in [5.74, 6) is 0.967. The number of rotatable bonds is 6. The predicted octanol–water partition coefficient (Wildman–Crippen LogP) is 4.99. The van der Waals surface area contributed by atoms with Gasteiger partial charge in [0.15, 0.2) is 6.61 Å². The number of hydrogen-bond acceptors (Lipinski definition) is 5. The zero-order valence-electron chi connectivity index (χ0n) is 15.2. The number of ether oxygens (including phenoxy) is 2. The van der Waals surface area contributed by atoms with Crippen LogP contribution < -0.4 is 14.8 Å². The van der Waals surface area contributed by atoms with Crippen LogP contribution in [-0.4, -0.2) is 24.6 Å². The minimum atomic E-state index is -0.261. The molecule has 3 aromatic carbocycles. The number of methoxy groups -OCH3 is 1. The number of aromatic nitrogens is 1. The van der Waals surface area contributed by atoms with Gasteiger partial charge < -0.3 is 14.8 Å². The van der Waals surface area contributed by atoms with Crippen LogP contribution in [-0.2, 0) is 4.79 Å². The third-order valence-electron chi connectivity index (χ3n) is 4.13. The fourth-order valence-corrected chi connectivity index (χ4v) is 3.75. The minimum Gasteiger partial charge on any atom is -0.495 e. The molecule has 0 saturated carbocycles. The Labute approximate surface area is 166 Å². The molecular formula is C22H18N2O3S. The van der Waals surface area contributed by atoms with Gasteiger partial charge in [-0.25, -0.2) is 4.98 Å². The number of nitrogens with zero attached hydrogens (tertiary/aromatic N) is 1. The summed E-state index contributed by atoms with van der Waals surface area (Å²) in [5.41, 5.74) is 2.46. The molecule has 5 nitrogen and oxygen atoms in total. The maximum Gasteiger partial charge on any atom is 0.262 e. The van der Waals surface area contributed by atoms with Gasteiger partial charge in [0.2, 0.25) is 0 Å². The van der Waals surface area contributed by atoms with E-state index in [1.807, 2.05) is 72.8 Å². The molecule has 0 saturated heterocycles. The van der Waals surface area contributed by atoms with Gasteiger partial charge in [0.05, 0.1) is 23.0 Å². The van der Waals surface area contributed by atoms with Gasteiger partial charge in [0.25, 0.3) is 5.91 Å². The van der Waals surface area contributed by atoms with E-state index in [9.17, 15) is 4.79 Å². The van der Waals surface area contributed by atoms with E-state index in [0.29, 0.717) is 17.2 Å². The average molecular weight is 390 g/mol. The summed E-state index contributed by atoms with van der Waals surface area (Å²) in [6.07, 6.45) is 0. The van der Waals surface area contributed by atoms with Gasteiger partial charge >= 0.3 is 0 Å². The quantitative estimate of drug-likeness (QED) is 0.504. The van der Waals surface area contributed by atoms with Gasteiger partial charge in [-0.3, -0.25) is 4.79 Å². The van der Waals surface area contributed by atoms with E-state index in [1.54, 1.807) is 18.4 Å². The highest BCUT2D eigenvalue weighted by atomic mass is 32.1. The third-order valence-corrected chi connectivity index (χ3v) is 5.21. The molecule has 140 valence electrons. The second kappa shape index (κ2) is 8.10. The van der Waals surface area contributed by atoms with Gasteiger partial charge in [0.1, 0.15) is 16.5 Å². The monoisotopic (exact) mass is 390 g/mol. The Bertz CT molecular complexity index is 1080. The molecule has 6 heteroatoms. The third kappa shape index (κ3) is 3.97. The molecular weight excluding hydrogens is 372 g/mol. The number of para-hydroxylation sites is 2. The number of benzene rings is 3. The summed E-state index contributed by atoms with van der Waals surface area (Å²) in [7, 11) is 1.57. The van der Waals surface area contributed by atoms with Crippen molar-refractivity contribution in [3.8, 4) is 22.1 Å². The first kappa shape index (κ1) is 18.0. The number of anilines is 1. The lowest BCUT2D eigenvalue weighted by Gasteiger charge is -2.12. The second-order valence-electron chi connectivity index (χ2n) is 6.05. The van der Waals surface area contributed by atoms with Crippen molar-refractivity contribution in [2.45, 2.75) is 0 Å². The number of fused-ring (bicyclic) bond motifs is 1. The summed E-state index contributed by atoms with van der Waals surface area (Å²) in [4.78, 5) is 17.0. The minimum absolute atomic E-state index is 0.0848. The van der Waals surface area contributed by atoms with Crippen molar-refractivity contribution < 1.29 is 14.3 Å². The Hall–Kier alpha value is -3.38. The van der Waals surface area contributed by atoms with Gasteiger partial charge in [0, 0.05) is 5.56 Å². The van der Waals surface area contributed by atoms with Crippen LogP contribution in [0.4, 0.5) is 5.69 Å². The lowest BCUT2D eigenvalue weighted by Crippen LogP contribution is -2.20. The first-order valence-corrected chi connectivity index (χ1v) is 9.56. The number of nitrogens with one attached hydrogen (secondary N) is 1. The lowest BCUT2D eigenvalue weighted by atomic mass is 10.2. The fraction of sp³-hybridized carbons (Fsp3) is 0.0909. The van der Waals surface area contributed by atoms with Gasteiger partial charge in [-0.2, -0.15) is 0 Å². The van der Waals surface area contributed by atoms with E-state index >= 15 is 0 Å². The Morgan fingerprint density at radius 3 is 2.61 bits per heavy atom. The van der Waals surface area contributed by atoms with Crippen molar-refractivity contribution >= 4 is 33.1 Å². The standard InChI is InChI=1S/C22H18N2O3S/c1-26-19-12-11-15(22-24-17-9-5-6-10-20(17)28-22)13-18(19)23-21(25)14-27-16-7-3-2-4-8-16/h2-13H,14H2,1H3,(H,23,25). The topological polar surface area (TPSA) is 60.5 Å². The smallest absolute Gasteiger partial charge is 0.262 e. The molecule has 0 aliphatic heterocycles. The molecule has 4 rings (SSSR count). The average Bonchev–Trinajstić information content (AvgIpc) is 3.17. The molecule has 0 unspecified atom stereocenters. The number of amides is 1. The van der Waals surface area contributed by atoms with E-state index in [4.69, 9.17) is 9.47 Å². The summed E-state index contributed by atoms with van der Waals surface area (Å²) < 4.78 is 12.0. The van der Waals surface area contributed by atoms with Crippen LogP contribution in [0.3, 0.4) is 0 Å². The van der Waals surface area contributed by atoms with E-state index in [0.717, 1.165) is 20.8 Å². The summed E-state index contributed by atoms with van der Waals surface area (Å²) in [5, 5.41) is 3.75. The highest BCUT2D eigenvalue weighted by Crippen LogP contribution is 2.34. The lowest BCUT2D eigenvalue weighted by molar-refractivity contribution is -0.118. The first-order valence-electron chi connectivity index (χ1n) is 8.74. The molecule has 1 heterocycles. The van der Waals surface area contributed by atoms with Crippen molar-refractivity contribution in [1.82, 2.24) is 4.98 Å². The highest BCUT2D eigenvalue weighted by Gasteiger charge is 2.12. The Morgan fingerprint density at radius 2 is 1.82 bits per heavy atom. The molecule has 1 aromatic heterocycles. The van der Waals surface area contributed by atoms with Crippen molar-refractivity contribution in [3.63, 3.8) is 0 Å². The van der Waals surface area contributed by atoms with Crippen LogP contribution in [0.2, 0.25) is 0 Å². The van der Waals surface area contributed by atoms with Gasteiger partial charge in [-0.1, -0.05) is 30.3 Å². The molecule has 0 radical (unpaired) electrons. The number of thiazole rings is 1. The number of hydrogen-bond donors (Lipinski definition) is 1. The maximum absolute atomic E-state index is 12.3. The molecule has 1 amide bonds. The summed E-state index contributed by atoms with van der Waals surface area (Å²) in [6.45, 7) is -0.0848. The molecule has 4 aromatic rings. The Morgan fingerprint density at radius 1 is 1.04 bits per heavy atom. The molecule has 1 N–H and O–H groups in total. The van der Waals surface area contributed by atoms with Crippen molar-refractivity contribution in [2.75, 3.05) is 19.0 Å². The van der Waals surface area contributed by atoms with Crippen LogP contribution >= 0.6 is 11.3 Å². The zero-order chi connectivity index (χ0) is 19.3. The molecule has 0 fully saturated rings. The van der Waals surface area contributed by atoms with Crippen LogP contribution in [0.1, 0.15) is 0 Å². The highest BCUT2D eigenvalue weighted by molar-refractivity contribution is 7.21. The number of carbonyl (C=O) groups excluding carboxylic acids is 1. The molecule has 0 spiro atoms. The Kier molecular flexibility index (Phi) is 5.21. The van der Waals surface area contributed by atoms with Crippen LogP contribution in [0.5, 0.6) is 11.5 Å². The summed E-state index contributed by atoms with van der Waals surface area (Å²) >= 11 is 1.61. The van der Waals surface area contributed by atoms with E-state index in [2.05, 4.69) is 10.3 Å². The molecule has 0 bridgehead atoms. The second-order valence-corrected chi connectivity index (χ2v) is 7.08. The van der Waals surface area contributed by atoms with E-state index in [1.165, 1.54) is 0 Å². The molecule has 0 aliphatic rings. The first-order chi connectivity index (χ1) is 13.7. The Balaban J connectivity index is 1.54. The van der Waals surface area contributed by atoms with Crippen molar-refractivity contribution in [1.29, 1.82) is 0 Å². The van der Waals surface area contributed by atoms with Crippen molar-refractivity contribution in [3.05, 3.63) is 72.8 Å². The van der Waals surface area contributed by atoms with Crippen LogP contribution in [0.25, 0.3) is 20.8 Å². The maximum atomic E-state index is 12.3. The SMILES string of the molecule is COc1ccc(-c2nc3ccccc3s2)cc1NC(=O)COc1ccccc1.